The fourth-order valence-electron chi connectivity index (χ4n) is 6.47. The highest BCUT2D eigenvalue weighted by Gasteiger charge is 2.53. The molecular weight excluding hydrogens is 272 g/mol. The number of nitrogens with one attached hydrogen (secondary N) is 1. The molecule has 0 aromatic carbocycles. The summed E-state index contributed by atoms with van der Waals surface area (Å²) >= 11 is 0. The zero-order chi connectivity index (χ0) is 15.2. The van der Waals surface area contributed by atoms with Gasteiger partial charge in [0.2, 0.25) is 5.91 Å². The van der Waals surface area contributed by atoms with E-state index >= 15 is 0 Å². The topological polar surface area (TPSA) is 32.3 Å². The first-order valence-electron chi connectivity index (χ1n) is 9.65. The number of likely N-dealkylation sites (tertiary alicyclic amines) is 1. The Labute approximate surface area is 135 Å². The van der Waals surface area contributed by atoms with Gasteiger partial charge in [0, 0.05) is 6.04 Å². The molecule has 0 radical (unpaired) electrons. The zero-order valence-corrected chi connectivity index (χ0v) is 14.2. The Bertz CT molecular complexity index is 392. The van der Waals surface area contributed by atoms with Crippen molar-refractivity contribution in [2.24, 2.45) is 23.2 Å². The van der Waals surface area contributed by atoms with Crippen LogP contribution < -0.4 is 5.32 Å². The third kappa shape index (κ3) is 2.81. The van der Waals surface area contributed by atoms with Gasteiger partial charge in [-0.05, 0) is 94.5 Å². The van der Waals surface area contributed by atoms with Crippen molar-refractivity contribution in [1.82, 2.24) is 10.2 Å². The molecule has 3 heteroatoms. The van der Waals surface area contributed by atoms with Gasteiger partial charge in [-0.15, -0.1) is 0 Å². The van der Waals surface area contributed by atoms with E-state index in [1.165, 1.54) is 57.8 Å². The quantitative estimate of drug-likeness (QED) is 0.865. The molecule has 1 aliphatic heterocycles. The summed E-state index contributed by atoms with van der Waals surface area (Å²) in [4.78, 5) is 14.8. The first-order valence-corrected chi connectivity index (χ1v) is 9.65. The largest absolute Gasteiger partial charge is 0.352 e. The highest BCUT2D eigenvalue weighted by atomic mass is 16.2. The predicted molar refractivity (Wildman–Crippen MR) is 88.5 cm³/mol. The third-order valence-corrected chi connectivity index (χ3v) is 7.20. The van der Waals surface area contributed by atoms with Crippen molar-refractivity contribution in [2.75, 3.05) is 19.6 Å². The van der Waals surface area contributed by atoms with E-state index in [1.54, 1.807) is 0 Å². The van der Waals surface area contributed by atoms with Crippen LogP contribution in [0, 0.1) is 23.2 Å². The van der Waals surface area contributed by atoms with E-state index in [0.717, 1.165) is 30.8 Å². The smallest absolute Gasteiger partial charge is 0.234 e. The summed E-state index contributed by atoms with van der Waals surface area (Å²) in [5.41, 5.74) is 0.437. The second kappa shape index (κ2) is 5.81. The SMILES string of the molecule is C[C@@H](NC(=O)CN1CCCCC1)C12CC3CC(CC(C3)C1)C2. The van der Waals surface area contributed by atoms with Crippen molar-refractivity contribution in [1.29, 1.82) is 0 Å². The van der Waals surface area contributed by atoms with E-state index in [0.29, 0.717) is 18.0 Å². The summed E-state index contributed by atoms with van der Waals surface area (Å²) in [6.07, 6.45) is 12.4. The number of rotatable bonds is 4. The summed E-state index contributed by atoms with van der Waals surface area (Å²) in [6.45, 7) is 5.14. The van der Waals surface area contributed by atoms with Crippen LogP contribution in [0.15, 0.2) is 0 Å². The van der Waals surface area contributed by atoms with E-state index in [9.17, 15) is 4.79 Å². The Hall–Kier alpha value is -0.570. The Morgan fingerprint density at radius 2 is 1.59 bits per heavy atom. The number of hydrogen-bond acceptors (Lipinski definition) is 2. The maximum absolute atomic E-state index is 12.5. The van der Waals surface area contributed by atoms with Crippen LogP contribution in [0.4, 0.5) is 0 Å². The van der Waals surface area contributed by atoms with Crippen LogP contribution in [0.25, 0.3) is 0 Å². The highest BCUT2D eigenvalue weighted by molar-refractivity contribution is 5.78. The first-order chi connectivity index (χ1) is 10.6. The average molecular weight is 304 g/mol. The van der Waals surface area contributed by atoms with E-state index in [2.05, 4.69) is 17.1 Å². The molecule has 5 aliphatic rings. The zero-order valence-electron chi connectivity index (χ0n) is 14.2. The van der Waals surface area contributed by atoms with Crippen molar-refractivity contribution < 1.29 is 4.79 Å². The molecule has 1 atom stereocenters. The van der Waals surface area contributed by atoms with Crippen molar-refractivity contribution in [3.63, 3.8) is 0 Å². The van der Waals surface area contributed by atoms with Gasteiger partial charge in [0.05, 0.1) is 6.54 Å². The Morgan fingerprint density at radius 1 is 1.05 bits per heavy atom. The molecule has 4 aliphatic carbocycles. The first kappa shape index (κ1) is 15.0. The number of hydrogen-bond donors (Lipinski definition) is 1. The van der Waals surface area contributed by atoms with Crippen molar-refractivity contribution in [3.05, 3.63) is 0 Å². The van der Waals surface area contributed by atoms with Crippen LogP contribution in [0.1, 0.15) is 64.7 Å². The lowest BCUT2D eigenvalue weighted by Gasteiger charge is -2.59. The minimum Gasteiger partial charge on any atom is -0.352 e. The van der Waals surface area contributed by atoms with Gasteiger partial charge >= 0.3 is 0 Å². The number of amides is 1. The third-order valence-electron chi connectivity index (χ3n) is 7.20. The lowest BCUT2D eigenvalue weighted by atomic mass is 9.48. The molecule has 4 bridgehead atoms. The lowest BCUT2D eigenvalue weighted by Crippen LogP contribution is -2.56. The molecule has 5 rings (SSSR count). The number of piperidine rings is 1. The maximum atomic E-state index is 12.5. The van der Waals surface area contributed by atoms with Crippen LogP contribution >= 0.6 is 0 Å². The Kier molecular flexibility index (Phi) is 3.96. The van der Waals surface area contributed by atoms with Crippen LogP contribution in [0.5, 0.6) is 0 Å². The van der Waals surface area contributed by atoms with Gasteiger partial charge in [0.15, 0.2) is 0 Å². The highest BCUT2D eigenvalue weighted by Crippen LogP contribution is 2.61. The molecule has 1 saturated heterocycles. The molecule has 0 aromatic heterocycles. The second-order valence-corrected chi connectivity index (χ2v) is 8.91. The van der Waals surface area contributed by atoms with Crippen LogP contribution in [-0.4, -0.2) is 36.5 Å². The van der Waals surface area contributed by atoms with Gasteiger partial charge < -0.3 is 5.32 Å². The van der Waals surface area contributed by atoms with Crippen molar-refractivity contribution >= 4 is 5.91 Å². The number of carbonyl (C=O) groups is 1. The van der Waals surface area contributed by atoms with Gasteiger partial charge in [-0.25, -0.2) is 0 Å². The van der Waals surface area contributed by atoms with Crippen molar-refractivity contribution in [2.45, 2.75) is 70.8 Å². The molecule has 4 saturated carbocycles. The summed E-state index contributed by atoms with van der Waals surface area (Å²) < 4.78 is 0. The van der Waals surface area contributed by atoms with Crippen LogP contribution in [-0.2, 0) is 4.79 Å². The molecule has 22 heavy (non-hydrogen) atoms. The number of nitrogens with zero attached hydrogens (tertiary/aromatic N) is 1. The normalized spacial score (nSPS) is 42.3. The van der Waals surface area contributed by atoms with Gasteiger partial charge in [-0.1, -0.05) is 6.42 Å². The molecule has 5 fully saturated rings. The Morgan fingerprint density at radius 3 is 2.14 bits per heavy atom. The van der Waals surface area contributed by atoms with Gasteiger partial charge in [-0.3, -0.25) is 9.69 Å². The minimum atomic E-state index is 0.269. The summed E-state index contributed by atoms with van der Waals surface area (Å²) in [5, 5.41) is 3.40. The number of carbonyl (C=O) groups excluding carboxylic acids is 1. The van der Waals surface area contributed by atoms with E-state index in [4.69, 9.17) is 0 Å². The second-order valence-electron chi connectivity index (χ2n) is 8.91. The maximum Gasteiger partial charge on any atom is 0.234 e. The van der Waals surface area contributed by atoms with Crippen LogP contribution in [0.2, 0.25) is 0 Å². The summed E-state index contributed by atoms with van der Waals surface area (Å²) in [5.74, 6) is 3.17. The molecule has 124 valence electrons. The molecular formula is C19H32N2O. The standard InChI is InChI=1S/C19H32N2O/c1-14(20-18(22)13-21-5-3-2-4-6-21)19-10-15-7-16(11-19)9-17(8-15)12-19/h14-17H,2-13H2,1H3,(H,20,22)/t14-,15?,16?,17?,19?/m1/s1. The van der Waals surface area contributed by atoms with Crippen LogP contribution in [0.3, 0.4) is 0 Å². The van der Waals surface area contributed by atoms with Crippen molar-refractivity contribution in [3.8, 4) is 0 Å². The minimum absolute atomic E-state index is 0.269. The van der Waals surface area contributed by atoms with E-state index in [-0.39, 0.29) is 5.91 Å². The Balaban J connectivity index is 1.35. The molecule has 3 nitrogen and oxygen atoms in total. The molecule has 0 aromatic rings. The summed E-state index contributed by atoms with van der Waals surface area (Å²) in [7, 11) is 0. The molecule has 1 heterocycles. The van der Waals surface area contributed by atoms with Gasteiger partial charge in [0.1, 0.15) is 0 Å². The fraction of sp³-hybridized carbons (Fsp3) is 0.947. The molecule has 1 amide bonds. The lowest BCUT2D eigenvalue weighted by molar-refractivity contribution is -0.127. The van der Waals surface area contributed by atoms with E-state index in [1.807, 2.05) is 0 Å². The van der Waals surface area contributed by atoms with Gasteiger partial charge in [-0.2, -0.15) is 0 Å². The molecule has 1 N–H and O–H groups in total. The fourth-order valence-corrected chi connectivity index (χ4v) is 6.47. The molecule has 0 unspecified atom stereocenters. The monoisotopic (exact) mass is 304 g/mol. The predicted octanol–water partition coefficient (Wildman–Crippen LogP) is 3.19. The van der Waals surface area contributed by atoms with Gasteiger partial charge in [0.25, 0.3) is 0 Å². The molecule has 0 spiro atoms. The average Bonchev–Trinajstić information content (AvgIpc) is 2.46. The van der Waals surface area contributed by atoms with E-state index < -0.39 is 0 Å². The summed E-state index contributed by atoms with van der Waals surface area (Å²) in [6, 6.07) is 0.373.